The SMILES string of the molecule is c1ccc(-c2nc3cccc(-c4cccc(N(c5ccc6c7c8ccccc8ccc7n(-c7ccccc7)c6c5)c5cccc6c5sc5ccccc56)c4)c3o2)cc1. The van der Waals surface area contributed by atoms with Gasteiger partial charge in [0.1, 0.15) is 5.52 Å². The molecule has 9 aromatic carbocycles. The lowest BCUT2D eigenvalue weighted by atomic mass is 10.0. The van der Waals surface area contributed by atoms with Crippen LogP contribution in [0.3, 0.4) is 0 Å². The van der Waals surface area contributed by atoms with Crippen LogP contribution < -0.4 is 4.90 Å². The van der Waals surface area contributed by atoms with Crippen molar-refractivity contribution in [2.24, 2.45) is 0 Å². The average molecular weight is 760 g/mol. The van der Waals surface area contributed by atoms with E-state index in [4.69, 9.17) is 9.40 Å². The van der Waals surface area contributed by atoms with Gasteiger partial charge in [0.2, 0.25) is 5.89 Å². The highest BCUT2D eigenvalue weighted by Crippen LogP contribution is 2.47. The lowest BCUT2D eigenvalue weighted by Crippen LogP contribution is -2.10. The molecule has 0 N–H and O–H groups in total. The summed E-state index contributed by atoms with van der Waals surface area (Å²) in [7, 11) is 0. The van der Waals surface area contributed by atoms with E-state index in [1.807, 2.05) is 47.7 Å². The van der Waals surface area contributed by atoms with Crippen LogP contribution >= 0.6 is 11.3 Å². The maximum absolute atomic E-state index is 6.54. The van der Waals surface area contributed by atoms with Gasteiger partial charge in [-0.1, -0.05) is 127 Å². The van der Waals surface area contributed by atoms with Gasteiger partial charge in [-0.2, -0.15) is 0 Å². The summed E-state index contributed by atoms with van der Waals surface area (Å²) in [6.45, 7) is 0. The predicted molar refractivity (Wildman–Crippen MR) is 244 cm³/mol. The summed E-state index contributed by atoms with van der Waals surface area (Å²) in [5, 5.41) is 7.50. The first kappa shape index (κ1) is 32.7. The van der Waals surface area contributed by atoms with Crippen molar-refractivity contribution < 1.29 is 4.42 Å². The Morgan fingerprint density at radius 3 is 2.12 bits per heavy atom. The van der Waals surface area contributed by atoms with Gasteiger partial charge in [-0.05, 0) is 89.1 Å². The molecule has 0 aliphatic rings. The third-order valence-corrected chi connectivity index (χ3v) is 12.6. The molecule has 3 heterocycles. The van der Waals surface area contributed by atoms with E-state index in [1.54, 1.807) is 0 Å². The molecule has 0 radical (unpaired) electrons. The molecule has 12 rings (SSSR count). The second-order valence-electron chi connectivity index (χ2n) is 14.7. The molecule has 0 saturated carbocycles. The lowest BCUT2D eigenvalue weighted by Gasteiger charge is -2.27. The number of benzene rings is 9. The molecule has 0 amide bonds. The molecule has 0 spiro atoms. The van der Waals surface area contributed by atoms with Crippen LogP contribution in [0.15, 0.2) is 205 Å². The highest BCUT2D eigenvalue weighted by atomic mass is 32.1. The second-order valence-corrected chi connectivity index (χ2v) is 15.8. The van der Waals surface area contributed by atoms with Gasteiger partial charge in [-0.25, -0.2) is 4.98 Å². The third kappa shape index (κ3) is 5.11. The number of fused-ring (bicyclic) bond motifs is 9. The van der Waals surface area contributed by atoms with Crippen LogP contribution in [0.1, 0.15) is 0 Å². The molecule has 0 atom stereocenters. The standard InChI is InChI=1S/C53H33N3OS/c1-3-15-35(16-4-1)53-54-45-25-12-23-41(51(45)57-53)36-17-11-20-38(32-36)55(47-26-13-24-43-42-22-9-10-27-49(42)58-52(43)47)39-29-30-44-48(33-39)56(37-18-5-2-6-19-37)46-31-28-34-14-7-8-21-40(34)50(44)46/h1-33H. The molecule has 58 heavy (non-hydrogen) atoms. The molecule has 5 heteroatoms. The number of aromatic nitrogens is 2. The van der Waals surface area contributed by atoms with Crippen LogP contribution in [-0.4, -0.2) is 9.55 Å². The minimum atomic E-state index is 0.618. The number of nitrogens with zero attached hydrogens (tertiary/aromatic N) is 3. The van der Waals surface area contributed by atoms with E-state index in [0.717, 1.165) is 56.1 Å². The number of para-hydroxylation sites is 2. The van der Waals surface area contributed by atoms with E-state index < -0.39 is 0 Å². The Morgan fingerprint density at radius 1 is 0.500 bits per heavy atom. The highest BCUT2D eigenvalue weighted by molar-refractivity contribution is 7.26. The molecule has 12 aromatic rings. The summed E-state index contributed by atoms with van der Waals surface area (Å²) in [4.78, 5) is 7.33. The van der Waals surface area contributed by atoms with Crippen LogP contribution in [0.2, 0.25) is 0 Å². The summed E-state index contributed by atoms with van der Waals surface area (Å²) in [5.41, 5.74) is 11.3. The maximum Gasteiger partial charge on any atom is 0.227 e. The fourth-order valence-electron chi connectivity index (χ4n) is 8.80. The number of rotatable bonds is 6. The number of thiophene rings is 1. The van der Waals surface area contributed by atoms with Gasteiger partial charge in [-0.15, -0.1) is 11.3 Å². The second kappa shape index (κ2) is 13.1. The smallest absolute Gasteiger partial charge is 0.227 e. The van der Waals surface area contributed by atoms with Gasteiger partial charge >= 0.3 is 0 Å². The molecule has 0 bridgehead atoms. The summed E-state index contributed by atoms with van der Waals surface area (Å²) in [6, 6.07) is 71.5. The largest absolute Gasteiger partial charge is 0.435 e. The quantitative estimate of drug-likeness (QED) is 0.169. The molecule has 0 aliphatic heterocycles. The normalized spacial score (nSPS) is 11.8. The van der Waals surface area contributed by atoms with E-state index in [0.29, 0.717) is 5.89 Å². The molecule has 272 valence electrons. The monoisotopic (exact) mass is 759 g/mol. The molecule has 0 aliphatic carbocycles. The molecule has 3 aromatic heterocycles. The van der Waals surface area contributed by atoms with Crippen molar-refractivity contribution in [2.45, 2.75) is 0 Å². The third-order valence-electron chi connectivity index (χ3n) is 11.4. The number of hydrogen-bond acceptors (Lipinski definition) is 4. The Bertz CT molecular complexity index is 3530. The van der Waals surface area contributed by atoms with Crippen molar-refractivity contribution in [3.63, 3.8) is 0 Å². The van der Waals surface area contributed by atoms with E-state index in [-0.39, 0.29) is 0 Å². The first-order valence-corrected chi connectivity index (χ1v) is 20.4. The van der Waals surface area contributed by atoms with Gasteiger partial charge in [0.25, 0.3) is 0 Å². The van der Waals surface area contributed by atoms with E-state index in [2.05, 4.69) is 173 Å². The Morgan fingerprint density at radius 2 is 1.22 bits per heavy atom. The fourth-order valence-corrected chi connectivity index (χ4v) is 10.0. The van der Waals surface area contributed by atoms with Crippen molar-refractivity contribution in [1.82, 2.24) is 9.55 Å². The van der Waals surface area contributed by atoms with Gasteiger partial charge in [0.05, 0.1) is 21.4 Å². The minimum absolute atomic E-state index is 0.618. The minimum Gasteiger partial charge on any atom is -0.435 e. The average Bonchev–Trinajstić information content (AvgIpc) is 4.00. The first-order chi connectivity index (χ1) is 28.8. The van der Waals surface area contributed by atoms with E-state index in [1.165, 1.54) is 47.2 Å². The zero-order valence-electron chi connectivity index (χ0n) is 31.2. The van der Waals surface area contributed by atoms with Gasteiger partial charge < -0.3 is 13.9 Å². The van der Waals surface area contributed by atoms with Crippen molar-refractivity contribution in [3.05, 3.63) is 200 Å². The van der Waals surface area contributed by atoms with Gasteiger partial charge in [0, 0.05) is 54.4 Å². The summed E-state index contributed by atoms with van der Waals surface area (Å²) < 4.78 is 11.5. The van der Waals surface area contributed by atoms with Gasteiger partial charge in [-0.3, -0.25) is 0 Å². The number of hydrogen-bond donors (Lipinski definition) is 0. The Labute approximate surface area is 338 Å². The van der Waals surface area contributed by atoms with Crippen LogP contribution in [0.25, 0.3) is 92.1 Å². The van der Waals surface area contributed by atoms with E-state index in [9.17, 15) is 0 Å². The van der Waals surface area contributed by atoms with Crippen LogP contribution in [0, 0.1) is 0 Å². The fraction of sp³-hybridized carbons (Fsp3) is 0. The maximum atomic E-state index is 6.54. The lowest BCUT2D eigenvalue weighted by molar-refractivity contribution is 0.621. The van der Waals surface area contributed by atoms with Crippen molar-refractivity contribution in [3.8, 4) is 28.3 Å². The predicted octanol–water partition coefficient (Wildman–Crippen LogP) is 15.2. The topological polar surface area (TPSA) is 34.2 Å². The molecule has 0 fully saturated rings. The summed E-state index contributed by atoms with van der Waals surface area (Å²) in [5.74, 6) is 0.618. The van der Waals surface area contributed by atoms with Crippen LogP contribution in [0.4, 0.5) is 17.1 Å². The summed E-state index contributed by atoms with van der Waals surface area (Å²) in [6.07, 6.45) is 0. The molecule has 0 saturated heterocycles. The molecular formula is C53H33N3OS. The Balaban J connectivity index is 1.12. The first-order valence-electron chi connectivity index (χ1n) is 19.5. The van der Waals surface area contributed by atoms with Crippen molar-refractivity contribution in [2.75, 3.05) is 4.90 Å². The summed E-state index contributed by atoms with van der Waals surface area (Å²) >= 11 is 1.85. The molecular weight excluding hydrogens is 727 g/mol. The van der Waals surface area contributed by atoms with E-state index >= 15 is 0 Å². The van der Waals surface area contributed by atoms with Crippen molar-refractivity contribution in [1.29, 1.82) is 0 Å². The zero-order valence-corrected chi connectivity index (χ0v) is 32.0. The van der Waals surface area contributed by atoms with Gasteiger partial charge in [0.15, 0.2) is 5.58 Å². The number of anilines is 3. The van der Waals surface area contributed by atoms with Crippen LogP contribution in [-0.2, 0) is 0 Å². The highest BCUT2D eigenvalue weighted by Gasteiger charge is 2.22. The van der Waals surface area contributed by atoms with Crippen molar-refractivity contribution >= 4 is 92.2 Å². The number of oxazole rings is 1. The Kier molecular flexibility index (Phi) is 7.37. The molecule has 0 unspecified atom stereocenters. The van der Waals surface area contributed by atoms with Crippen LogP contribution in [0.5, 0.6) is 0 Å². The molecule has 4 nitrogen and oxygen atoms in total. The Hall–Kier alpha value is -7.47. The zero-order chi connectivity index (χ0) is 38.2.